The number of carbonyl (C=O) groups excluding carboxylic acids is 2. The lowest BCUT2D eigenvalue weighted by Crippen LogP contribution is -2.16. The number of pyridine rings is 1. The molecule has 158 valence electrons. The summed E-state index contributed by atoms with van der Waals surface area (Å²) in [5, 5.41) is 4.78. The monoisotopic (exact) mass is 441 g/mol. The number of ether oxygens (including phenoxy) is 1. The van der Waals surface area contributed by atoms with E-state index >= 15 is 0 Å². The molecule has 0 aliphatic heterocycles. The molecule has 0 aliphatic rings. The highest BCUT2D eigenvalue weighted by atomic mass is 32.1. The molecule has 0 saturated carbocycles. The molecule has 0 radical (unpaired) electrons. The summed E-state index contributed by atoms with van der Waals surface area (Å²) in [7, 11) is 0. The maximum Gasteiger partial charge on any atom is 0.341 e. The number of nitrogens with one attached hydrogen (secondary N) is 1. The molecule has 1 aromatic carbocycles. The van der Waals surface area contributed by atoms with E-state index in [1.165, 1.54) is 46.2 Å². The molecule has 4 rings (SSSR count). The van der Waals surface area contributed by atoms with E-state index in [4.69, 9.17) is 4.74 Å². The largest absolute Gasteiger partial charge is 0.462 e. The van der Waals surface area contributed by atoms with Crippen molar-refractivity contribution in [2.45, 2.75) is 13.3 Å². The topological polar surface area (TPSA) is 72.7 Å². The third kappa shape index (κ3) is 4.46. The number of carbonyl (C=O) groups is 2. The van der Waals surface area contributed by atoms with Crippen LogP contribution in [0.2, 0.25) is 0 Å². The van der Waals surface area contributed by atoms with Gasteiger partial charge in [-0.25, -0.2) is 18.6 Å². The molecule has 31 heavy (non-hydrogen) atoms. The first-order valence-electron chi connectivity index (χ1n) is 9.42. The number of benzene rings is 1. The summed E-state index contributed by atoms with van der Waals surface area (Å²) < 4.78 is 33.3. The van der Waals surface area contributed by atoms with E-state index in [0.717, 1.165) is 0 Å². The zero-order chi connectivity index (χ0) is 22.0. The Bertz CT molecular complexity index is 1260. The van der Waals surface area contributed by atoms with Gasteiger partial charge in [0.05, 0.1) is 18.7 Å². The lowest BCUT2D eigenvalue weighted by atomic mass is 10.0. The van der Waals surface area contributed by atoms with Crippen molar-refractivity contribution < 1.29 is 23.1 Å². The van der Waals surface area contributed by atoms with Gasteiger partial charge in [0.2, 0.25) is 5.91 Å². The minimum absolute atomic E-state index is 0.0602. The van der Waals surface area contributed by atoms with Crippen LogP contribution < -0.4 is 5.32 Å². The number of nitrogens with zero attached hydrogens (tertiary/aromatic N) is 2. The molecule has 4 aromatic rings. The molecule has 0 atom stereocenters. The van der Waals surface area contributed by atoms with Gasteiger partial charge in [-0.1, -0.05) is 12.1 Å². The Morgan fingerprint density at radius 2 is 1.84 bits per heavy atom. The van der Waals surface area contributed by atoms with Gasteiger partial charge >= 0.3 is 5.97 Å². The minimum atomic E-state index is -0.582. The summed E-state index contributed by atoms with van der Waals surface area (Å²) in [6, 6.07) is 8.52. The molecule has 1 amide bonds. The first-order valence-corrected chi connectivity index (χ1v) is 10.3. The van der Waals surface area contributed by atoms with Gasteiger partial charge in [0.1, 0.15) is 27.8 Å². The van der Waals surface area contributed by atoms with E-state index in [0.29, 0.717) is 27.5 Å². The Morgan fingerprint density at radius 1 is 1.10 bits per heavy atom. The molecule has 0 spiro atoms. The van der Waals surface area contributed by atoms with Gasteiger partial charge in [0.25, 0.3) is 0 Å². The number of hydrogen-bond acceptors (Lipinski definition) is 5. The Balaban J connectivity index is 1.59. The maximum atomic E-state index is 13.4. The fourth-order valence-electron chi connectivity index (χ4n) is 3.14. The van der Waals surface area contributed by atoms with Gasteiger partial charge in [-0.2, -0.15) is 0 Å². The number of hydrogen-bond donors (Lipinski definition) is 1. The zero-order valence-corrected chi connectivity index (χ0v) is 17.2. The fraction of sp³-hybridized carbons (Fsp3) is 0.136. The summed E-state index contributed by atoms with van der Waals surface area (Å²) >= 11 is 1.17. The summed E-state index contributed by atoms with van der Waals surface area (Å²) in [5.41, 5.74) is 2.36. The van der Waals surface area contributed by atoms with Gasteiger partial charge < -0.3 is 14.5 Å². The number of amides is 1. The molecular weight excluding hydrogens is 424 g/mol. The lowest BCUT2D eigenvalue weighted by molar-refractivity contribution is -0.115. The predicted molar refractivity (Wildman–Crippen MR) is 113 cm³/mol. The van der Waals surface area contributed by atoms with Crippen LogP contribution in [0.1, 0.15) is 23.0 Å². The Labute approximate surface area is 180 Å². The predicted octanol–water partition coefficient (Wildman–Crippen LogP) is 4.70. The average Bonchev–Trinajstić information content (AvgIpc) is 3.31. The Kier molecular flexibility index (Phi) is 5.77. The van der Waals surface area contributed by atoms with Crippen molar-refractivity contribution in [1.82, 2.24) is 9.38 Å². The standard InChI is InChI=1S/C22H17F2N3O3S/c1-2-30-22(29)20-17(13-3-5-14(23)6-4-13)12-31-21(20)26-19(28)9-16-11-27-10-15(24)7-8-18(27)25-16/h3-8,10-12H,2,9H2,1H3,(H,26,28). The maximum absolute atomic E-state index is 13.4. The number of anilines is 1. The van der Waals surface area contributed by atoms with Crippen molar-refractivity contribution in [3.8, 4) is 11.1 Å². The molecule has 3 heterocycles. The summed E-state index contributed by atoms with van der Waals surface area (Å²) in [6.45, 7) is 1.86. The van der Waals surface area contributed by atoms with Crippen LogP contribution in [0.25, 0.3) is 16.8 Å². The molecule has 6 nitrogen and oxygen atoms in total. The Morgan fingerprint density at radius 3 is 2.58 bits per heavy atom. The van der Waals surface area contributed by atoms with Gasteiger partial charge in [0, 0.05) is 23.3 Å². The summed E-state index contributed by atoms with van der Waals surface area (Å²) in [6.07, 6.45) is 2.79. The van der Waals surface area contributed by atoms with E-state index in [1.807, 2.05) is 0 Å². The molecular formula is C22H17F2N3O3S. The third-order valence-electron chi connectivity index (χ3n) is 4.49. The third-order valence-corrected chi connectivity index (χ3v) is 5.38. The van der Waals surface area contributed by atoms with Crippen LogP contribution >= 0.6 is 11.3 Å². The first kappa shape index (κ1) is 20.7. The number of imidazole rings is 1. The second-order valence-electron chi connectivity index (χ2n) is 6.65. The molecule has 0 fully saturated rings. The van der Waals surface area contributed by atoms with E-state index in [-0.39, 0.29) is 24.5 Å². The lowest BCUT2D eigenvalue weighted by Gasteiger charge is -2.08. The number of rotatable bonds is 6. The molecule has 1 N–H and O–H groups in total. The van der Waals surface area contributed by atoms with Crippen molar-refractivity contribution in [2.24, 2.45) is 0 Å². The molecule has 0 bridgehead atoms. The van der Waals surface area contributed by atoms with Crippen LogP contribution in [0.5, 0.6) is 0 Å². The zero-order valence-electron chi connectivity index (χ0n) is 16.4. The molecule has 3 aromatic heterocycles. The van der Waals surface area contributed by atoms with Crippen LogP contribution in [0.3, 0.4) is 0 Å². The Hall–Kier alpha value is -3.59. The van der Waals surface area contributed by atoms with Crippen molar-refractivity contribution >= 4 is 33.9 Å². The van der Waals surface area contributed by atoms with E-state index in [9.17, 15) is 18.4 Å². The van der Waals surface area contributed by atoms with Crippen LogP contribution in [0, 0.1) is 11.6 Å². The van der Waals surface area contributed by atoms with Crippen LogP contribution in [0.15, 0.2) is 54.2 Å². The smallest absolute Gasteiger partial charge is 0.341 e. The second kappa shape index (κ2) is 8.65. The van der Waals surface area contributed by atoms with Crippen LogP contribution in [0.4, 0.5) is 13.8 Å². The normalized spacial score (nSPS) is 10.9. The number of fused-ring (bicyclic) bond motifs is 1. The highest BCUT2D eigenvalue weighted by Crippen LogP contribution is 2.36. The SMILES string of the molecule is CCOC(=O)c1c(-c2ccc(F)cc2)csc1NC(=O)Cc1cn2cc(F)ccc2n1. The summed E-state index contributed by atoms with van der Waals surface area (Å²) in [4.78, 5) is 29.5. The van der Waals surface area contributed by atoms with E-state index < -0.39 is 17.6 Å². The quantitative estimate of drug-likeness (QED) is 0.440. The molecule has 0 unspecified atom stereocenters. The number of halogens is 2. The average molecular weight is 441 g/mol. The van der Waals surface area contributed by atoms with Crippen LogP contribution in [-0.2, 0) is 16.0 Å². The highest BCUT2D eigenvalue weighted by molar-refractivity contribution is 7.15. The van der Waals surface area contributed by atoms with Gasteiger partial charge in [-0.3, -0.25) is 4.79 Å². The van der Waals surface area contributed by atoms with E-state index in [1.54, 1.807) is 30.6 Å². The number of esters is 1. The first-order chi connectivity index (χ1) is 14.9. The number of aromatic nitrogens is 2. The van der Waals surface area contributed by atoms with Gasteiger partial charge in [-0.05, 0) is 36.8 Å². The van der Waals surface area contributed by atoms with Crippen molar-refractivity contribution in [3.63, 3.8) is 0 Å². The van der Waals surface area contributed by atoms with Gasteiger partial charge in [-0.15, -0.1) is 11.3 Å². The van der Waals surface area contributed by atoms with E-state index in [2.05, 4.69) is 10.3 Å². The van der Waals surface area contributed by atoms with Crippen molar-refractivity contribution in [2.75, 3.05) is 11.9 Å². The molecule has 0 aliphatic carbocycles. The second-order valence-corrected chi connectivity index (χ2v) is 7.53. The highest BCUT2D eigenvalue weighted by Gasteiger charge is 2.23. The fourth-order valence-corrected chi connectivity index (χ4v) is 4.11. The minimum Gasteiger partial charge on any atom is -0.462 e. The van der Waals surface area contributed by atoms with Crippen molar-refractivity contribution in [3.05, 3.63) is 77.1 Å². The van der Waals surface area contributed by atoms with Crippen molar-refractivity contribution in [1.29, 1.82) is 0 Å². The molecule has 9 heteroatoms. The molecule has 0 saturated heterocycles. The number of thiophene rings is 1. The van der Waals surface area contributed by atoms with Crippen LogP contribution in [-0.4, -0.2) is 27.9 Å². The summed E-state index contributed by atoms with van der Waals surface area (Å²) in [5.74, 6) is -1.77. The van der Waals surface area contributed by atoms with Gasteiger partial charge in [0.15, 0.2) is 0 Å².